The Hall–Kier alpha value is -1.46. The van der Waals surface area contributed by atoms with Gasteiger partial charge in [0.05, 0.1) is 24.9 Å². The van der Waals surface area contributed by atoms with E-state index in [1.54, 1.807) is 6.20 Å². The van der Waals surface area contributed by atoms with E-state index in [4.69, 9.17) is 4.74 Å². The fourth-order valence-corrected chi connectivity index (χ4v) is 2.50. The summed E-state index contributed by atoms with van der Waals surface area (Å²) in [5.41, 5.74) is 2.14. The van der Waals surface area contributed by atoms with Gasteiger partial charge >= 0.3 is 0 Å². The van der Waals surface area contributed by atoms with Crippen LogP contribution in [0.25, 0.3) is 0 Å². The molecule has 0 radical (unpaired) electrons. The van der Waals surface area contributed by atoms with E-state index in [2.05, 4.69) is 28.6 Å². The summed E-state index contributed by atoms with van der Waals surface area (Å²) in [6.07, 6.45) is 5.49. The maximum atomic E-state index is 11.8. The Labute approximate surface area is 126 Å². The molecule has 0 saturated carbocycles. The number of rotatable bonds is 7. The smallest absolute Gasteiger partial charge is 0.222 e. The highest BCUT2D eigenvalue weighted by Gasteiger charge is 2.13. The summed E-state index contributed by atoms with van der Waals surface area (Å²) in [5, 5.41) is 6.21. The average Bonchev–Trinajstić information content (AvgIpc) is 2.54. The van der Waals surface area contributed by atoms with Crippen molar-refractivity contribution in [2.24, 2.45) is 0 Å². The molecular formula is C16H25N3O2. The van der Waals surface area contributed by atoms with Gasteiger partial charge in [-0.15, -0.1) is 0 Å². The summed E-state index contributed by atoms with van der Waals surface area (Å²) in [4.78, 5) is 16.1. The lowest BCUT2D eigenvalue weighted by atomic mass is 10.1. The Bertz CT molecular complexity index is 445. The second-order valence-corrected chi connectivity index (χ2v) is 5.31. The lowest BCUT2D eigenvalue weighted by Gasteiger charge is -2.22. The predicted molar refractivity (Wildman–Crippen MR) is 81.9 cm³/mol. The fraction of sp³-hybridized carbons (Fsp3) is 0.625. The van der Waals surface area contributed by atoms with Crippen LogP contribution in [0, 0.1) is 0 Å². The highest BCUT2D eigenvalue weighted by molar-refractivity contribution is 5.75. The third-order valence-corrected chi connectivity index (χ3v) is 3.79. The predicted octanol–water partition coefficient (Wildman–Crippen LogP) is 1.42. The minimum atomic E-state index is 0.0247. The van der Waals surface area contributed by atoms with E-state index in [-0.39, 0.29) is 5.91 Å². The molecule has 1 saturated heterocycles. The molecule has 2 N–H and O–H groups in total. The molecule has 1 aliphatic rings. The van der Waals surface area contributed by atoms with Crippen LogP contribution in [0.5, 0.6) is 0 Å². The number of carbonyl (C=O) groups excluding carboxylic acids is 1. The standard InChI is InChI=1S/C16H25N3O2/c1-2-13-4-3-8-18-15(13)12-19-16(20)7-11-21-14-5-9-17-10-6-14/h3-4,8,14,17H,2,5-7,9-12H2,1H3,(H,19,20). The van der Waals surface area contributed by atoms with Crippen LogP contribution in [0.15, 0.2) is 18.3 Å². The van der Waals surface area contributed by atoms with Crippen molar-refractivity contribution in [2.75, 3.05) is 19.7 Å². The van der Waals surface area contributed by atoms with Gasteiger partial charge < -0.3 is 15.4 Å². The maximum Gasteiger partial charge on any atom is 0.222 e. The van der Waals surface area contributed by atoms with E-state index >= 15 is 0 Å². The van der Waals surface area contributed by atoms with E-state index in [1.807, 2.05) is 6.07 Å². The molecule has 5 nitrogen and oxygen atoms in total. The van der Waals surface area contributed by atoms with E-state index in [0.717, 1.165) is 38.0 Å². The monoisotopic (exact) mass is 291 g/mol. The van der Waals surface area contributed by atoms with Gasteiger partial charge in [0.25, 0.3) is 0 Å². The van der Waals surface area contributed by atoms with Crippen LogP contribution in [-0.4, -0.2) is 36.7 Å². The molecule has 0 aromatic carbocycles. The Morgan fingerprint density at radius 1 is 1.48 bits per heavy atom. The molecular weight excluding hydrogens is 266 g/mol. The number of nitrogens with zero attached hydrogens (tertiary/aromatic N) is 1. The van der Waals surface area contributed by atoms with E-state index in [1.165, 1.54) is 5.56 Å². The molecule has 116 valence electrons. The van der Waals surface area contributed by atoms with Gasteiger partial charge in [0.2, 0.25) is 5.91 Å². The van der Waals surface area contributed by atoms with Gasteiger partial charge in [-0.25, -0.2) is 0 Å². The fourth-order valence-electron chi connectivity index (χ4n) is 2.50. The van der Waals surface area contributed by atoms with Crippen LogP contribution >= 0.6 is 0 Å². The first-order valence-corrected chi connectivity index (χ1v) is 7.81. The third kappa shape index (κ3) is 5.44. The van der Waals surface area contributed by atoms with Crippen molar-refractivity contribution in [1.29, 1.82) is 0 Å². The topological polar surface area (TPSA) is 63.2 Å². The number of aromatic nitrogens is 1. The third-order valence-electron chi connectivity index (χ3n) is 3.79. The number of hydrogen-bond donors (Lipinski definition) is 2. The minimum Gasteiger partial charge on any atom is -0.378 e. The SMILES string of the molecule is CCc1cccnc1CNC(=O)CCOC1CCNCC1. The summed E-state index contributed by atoms with van der Waals surface area (Å²) >= 11 is 0. The molecule has 1 amide bonds. The zero-order valence-corrected chi connectivity index (χ0v) is 12.7. The Balaban J connectivity index is 1.65. The molecule has 1 fully saturated rings. The van der Waals surface area contributed by atoms with E-state index < -0.39 is 0 Å². The quantitative estimate of drug-likeness (QED) is 0.797. The molecule has 1 aromatic heterocycles. The number of carbonyl (C=O) groups is 1. The van der Waals surface area contributed by atoms with Crippen molar-refractivity contribution in [3.8, 4) is 0 Å². The molecule has 21 heavy (non-hydrogen) atoms. The van der Waals surface area contributed by atoms with Crippen molar-refractivity contribution in [3.05, 3.63) is 29.6 Å². The lowest BCUT2D eigenvalue weighted by molar-refractivity contribution is -0.122. The maximum absolute atomic E-state index is 11.8. The number of piperidine rings is 1. The van der Waals surface area contributed by atoms with Gasteiger partial charge in [-0.2, -0.15) is 0 Å². The number of aryl methyl sites for hydroxylation is 1. The summed E-state index contributed by atoms with van der Waals surface area (Å²) < 4.78 is 5.73. The number of ether oxygens (including phenoxy) is 1. The first-order valence-electron chi connectivity index (χ1n) is 7.81. The van der Waals surface area contributed by atoms with Crippen LogP contribution in [0.2, 0.25) is 0 Å². The molecule has 5 heteroatoms. The highest BCUT2D eigenvalue weighted by atomic mass is 16.5. The van der Waals surface area contributed by atoms with Gasteiger partial charge in [0, 0.05) is 12.6 Å². The molecule has 0 spiro atoms. The average molecular weight is 291 g/mol. The first-order chi connectivity index (χ1) is 10.3. The second kappa shape index (κ2) is 8.74. The molecule has 1 aromatic rings. The van der Waals surface area contributed by atoms with Crippen LogP contribution in [-0.2, 0) is 22.5 Å². The van der Waals surface area contributed by atoms with Gasteiger partial charge in [-0.05, 0) is 44.0 Å². The van der Waals surface area contributed by atoms with Gasteiger partial charge in [0.1, 0.15) is 0 Å². The lowest BCUT2D eigenvalue weighted by Crippen LogP contribution is -2.33. The zero-order chi connectivity index (χ0) is 14.9. The summed E-state index contributed by atoms with van der Waals surface area (Å²) in [6.45, 7) is 5.11. The molecule has 0 atom stereocenters. The Morgan fingerprint density at radius 3 is 3.05 bits per heavy atom. The Kier molecular flexibility index (Phi) is 6.63. The van der Waals surface area contributed by atoms with Gasteiger partial charge in [-0.1, -0.05) is 13.0 Å². The number of hydrogen-bond acceptors (Lipinski definition) is 4. The number of pyridine rings is 1. The van der Waals surface area contributed by atoms with E-state index in [0.29, 0.717) is 25.7 Å². The number of nitrogens with one attached hydrogen (secondary N) is 2. The minimum absolute atomic E-state index is 0.0247. The van der Waals surface area contributed by atoms with Crippen molar-refractivity contribution in [3.63, 3.8) is 0 Å². The molecule has 0 bridgehead atoms. The van der Waals surface area contributed by atoms with Crippen molar-refractivity contribution < 1.29 is 9.53 Å². The molecule has 0 aliphatic carbocycles. The summed E-state index contributed by atoms with van der Waals surface area (Å²) in [7, 11) is 0. The largest absolute Gasteiger partial charge is 0.378 e. The normalized spacial score (nSPS) is 15.9. The highest BCUT2D eigenvalue weighted by Crippen LogP contribution is 2.08. The molecule has 2 heterocycles. The molecule has 2 rings (SSSR count). The second-order valence-electron chi connectivity index (χ2n) is 5.31. The summed E-state index contributed by atoms with van der Waals surface area (Å²) in [6, 6.07) is 3.98. The van der Waals surface area contributed by atoms with Crippen molar-refractivity contribution in [1.82, 2.24) is 15.6 Å². The van der Waals surface area contributed by atoms with Crippen molar-refractivity contribution >= 4 is 5.91 Å². The Morgan fingerprint density at radius 2 is 2.29 bits per heavy atom. The van der Waals surface area contributed by atoms with E-state index in [9.17, 15) is 4.79 Å². The van der Waals surface area contributed by atoms with Crippen LogP contribution in [0.3, 0.4) is 0 Å². The van der Waals surface area contributed by atoms with Gasteiger partial charge in [-0.3, -0.25) is 9.78 Å². The number of amides is 1. The molecule has 1 aliphatic heterocycles. The summed E-state index contributed by atoms with van der Waals surface area (Å²) in [5.74, 6) is 0.0247. The van der Waals surface area contributed by atoms with Crippen LogP contribution in [0.4, 0.5) is 0 Å². The van der Waals surface area contributed by atoms with Crippen molar-refractivity contribution in [2.45, 2.75) is 45.3 Å². The van der Waals surface area contributed by atoms with Crippen LogP contribution < -0.4 is 10.6 Å². The van der Waals surface area contributed by atoms with Gasteiger partial charge in [0.15, 0.2) is 0 Å². The van der Waals surface area contributed by atoms with Crippen LogP contribution in [0.1, 0.15) is 37.4 Å². The molecule has 0 unspecified atom stereocenters. The first kappa shape index (κ1) is 15.9. The zero-order valence-electron chi connectivity index (χ0n) is 12.7.